The Balaban J connectivity index is 1.71. The molecule has 0 radical (unpaired) electrons. The standard InChI is InChI=1S/C15H15NO2/c17-15(16-10-4-5-11-16)9-6-12-18-13-14-7-2-1-3-8-14/h1-11H,12-13H2/b9-6+. The lowest BCUT2D eigenvalue weighted by Gasteiger charge is -2.00. The van der Waals surface area contributed by atoms with Crippen molar-refractivity contribution in [3.05, 3.63) is 72.6 Å². The van der Waals surface area contributed by atoms with E-state index in [4.69, 9.17) is 4.74 Å². The van der Waals surface area contributed by atoms with Crippen LogP contribution in [0.15, 0.2) is 67.0 Å². The maximum absolute atomic E-state index is 11.6. The lowest BCUT2D eigenvalue weighted by atomic mass is 10.2. The summed E-state index contributed by atoms with van der Waals surface area (Å²) in [6.45, 7) is 0.991. The molecule has 0 aliphatic carbocycles. The number of nitrogens with zero attached hydrogens (tertiary/aromatic N) is 1. The molecule has 1 aromatic carbocycles. The van der Waals surface area contributed by atoms with Gasteiger partial charge in [-0.2, -0.15) is 0 Å². The first-order valence-electron chi connectivity index (χ1n) is 5.82. The molecule has 0 saturated heterocycles. The number of hydrogen-bond donors (Lipinski definition) is 0. The van der Waals surface area contributed by atoms with Crippen LogP contribution in [-0.2, 0) is 11.3 Å². The average Bonchev–Trinajstić information content (AvgIpc) is 2.93. The molecule has 3 heteroatoms. The van der Waals surface area contributed by atoms with Crippen molar-refractivity contribution in [3.8, 4) is 0 Å². The molecular formula is C15H15NO2. The van der Waals surface area contributed by atoms with Crippen LogP contribution in [0.1, 0.15) is 10.4 Å². The zero-order valence-corrected chi connectivity index (χ0v) is 10.0. The van der Waals surface area contributed by atoms with Crippen molar-refractivity contribution in [1.29, 1.82) is 0 Å². The summed E-state index contributed by atoms with van der Waals surface area (Å²) >= 11 is 0. The van der Waals surface area contributed by atoms with Gasteiger partial charge in [-0.3, -0.25) is 9.36 Å². The van der Waals surface area contributed by atoms with Crippen molar-refractivity contribution in [2.75, 3.05) is 6.61 Å². The fourth-order valence-corrected chi connectivity index (χ4v) is 1.54. The molecule has 92 valence electrons. The predicted molar refractivity (Wildman–Crippen MR) is 70.3 cm³/mol. The van der Waals surface area contributed by atoms with E-state index in [9.17, 15) is 4.79 Å². The van der Waals surface area contributed by atoms with E-state index in [1.165, 1.54) is 10.6 Å². The number of benzene rings is 1. The normalized spacial score (nSPS) is 10.9. The number of hydrogen-bond acceptors (Lipinski definition) is 2. The molecule has 0 amide bonds. The SMILES string of the molecule is O=C(/C=C/COCc1ccccc1)n1cccc1. The summed E-state index contributed by atoms with van der Waals surface area (Å²) in [5.74, 6) is -0.0664. The summed E-state index contributed by atoms with van der Waals surface area (Å²) in [5.41, 5.74) is 1.13. The zero-order valence-electron chi connectivity index (χ0n) is 10.0. The van der Waals surface area contributed by atoms with Gasteiger partial charge in [-0.15, -0.1) is 0 Å². The number of carbonyl (C=O) groups excluding carboxylic acids is 1. The van der Waals surface area contributed by atoms with E-state index in [2.05, 4.69) is 0 Å². The molecule has 0 atom stereocenters. The average molecular weight is 241 g/mol. The Morgan fingerprint density at radius 3 is 2.56 bits per heavy atom. The van der Waals surface area contributed by atoms with Gasteiger partial charge in [-0.25, -0.2) is 0 Å². The van der Waals surface area contributed by atoms with Crippen molar-refractivity contribution < 1.29 is 9.53 Å². The Kier molecular flexibility index (Phi) is 4.50. The van der Waals surface area contributed by atoms with E-state index in [1.807, 2.05) is 42.5 Å². The monoisotopic (exact) mass is 241 g/mol. The van der Waals surface area contributed by atoms with Gasteiger partial charge in [0.05, 0.1) is 13.2 Å². The first-order chi connectivity index (χ1) is 8.86. The molecular weight excluding hydrogens is 226 g/mol. The Morgan fingerprint density at radius 2 is 1.83 bits per heavy atom. The molecule has 2 aromatic rings. The smallest absolute Gasteiger partial charge is 0.254 e. The Morgan fingerprint density at radius 1 is 1.11 bits per heavy atom. The van der Waals surface area contributed by atoms with Crippen LogP contribution in [0.2, 0.25) is 0 Å². The molecule has 0 unspecified atom stereocenters. The lowest BCUT2D eigenvalue weighted by molar-refractivity contribution is 0.0966. The van der Waals surface area contributed by atoms with Crippen LogP contribution in [0, 0.1) is 0 Å². The number of carbonyl (C=O) groups is 1. The third-order valence-electron chi connectivity index (χ3n) is 2.44. The van der Waals surface area contributed by atoms with E-state index in [0.717, 1.165) is 5.56 Å². The molecule has 18 heavy (non-hydrogen) atoms. The van der Waals surface area contributed by atoms with Gasteiger partial charge in [-0.1, -0.05) is 36.4 Å². The van der Waals surface area contributed by atoms with Crippen LogP contribution in [0.5, 0.6) is 0 Å². The second-order valence-corrected chi connectivity index (χ2v) is 3.83. The number of rotatable bonds is 5. The van der Waals surface area contributed by atoms with Crippen molar-refractivity contribution >= 4 is 5.91 Å². The predicted octanol–water partition coefficient (Wildman–Crippen LogP) is 2.90. The van der Waals surface area contributed by atoms with Gasteiger partial charge >= 0.3 is 0 Å². The minimum atomic E-state index is -0.0664. The highest BCUT2D eigenvalue weighted by Crippen LogP contribution is 2.00. The highest BCUT2D eigenvalue weighted by molar-refractivity contribution is 5.89. The maximum Gasteiger partial charge on any atom is 0.254 e. The van der Waals surface area contributed by atoms with Gasteiger partial charge in [-0.05, 0) is 17.7 Å². The molecule has 1 aromatic heterocycles. The zero-order chi connectivity index (χ0) is 12.6. The van der Waals surface area contributed by atoms with E-state index < -0.39 is 0 Å². The van der Waals surface area contributed by atoms with Crippen LogP contribution in [0.3, 0.4) is 0 Å². The van der Waals surface area contributed by atoms with E-state index in [1.54, 1.807) is 18.5 Å². The highest BCUT2D eigenvalue weighted by atomic mass is 16.5. The molecule has 0 N–H and O–H groups in total. The molecule has 0 fully saturated rings. The summed E-state index contributed by atoms with van der Waals surface area (Å²) < 4.78 is 6.96. The fourth-order valence-electron chi connectivity index (χ4n) is 1.54. The number of allylic oxidation sites excluding steroid dienone is 1. The van der Waals surface area contributed by atoms with Gasteiger partial charge in [0.1, 0.15) is 0 Å². The molecule has 0 aliphatic rings. The van der Waals surface area contributed by atoms with Crippen molar-refractivity contribution in [1.82, 2.24) is 4.57 Å². The van der Waals surface area contributed by atoms with Crippen LogP contribution < -0.4 is 0 Å². The fraction of sp³-hybridized carbons (Fsp3) is 0.133. The first-order valence-corrected chi connectivity index (χ1v) is 5.82. The van der Waals surface area contributed by atoms with Crippen LogP contribution >= 0.6 is 0 Å². The second kappa shape index (κ2) is 6.57. The Hall–Kier alpha value is -2.13. The van der Waals surface area contributed by atoms with Crippen molar-refractivity contribution in [2.45, 2.75) is 6.61 Å². The second-order valence-electron chi connectivity index (χ2n) is 3.83. The first kappa shape index (κ1) is 12.3. The van der Waals surface area contributed by atoms with Gasteiger partial charge < -0.3 is 4.74 Å². The van der Waals surface area contributed by atoms with Gasteiger partial charge in [0.2, 0.25) is 0 Å². The van der Waals surface area contributed by atoms with E-state index in [-0.39, 0.29) is 5.91 Å². The summed E-state index contributed by atoms with van der Waals surface area (Å²) in [4.78, 5) is 11.6. The molecule has 3 nitrogen and oxygen atoms in total. The summed E-state index contributed by atoms with van der Waals surface area (Å²) in [5, 5.41) is 0. The van der Waals surface area contributed by atoms with E-state index in [0.29, 0.717) is 13.2 Å². The quantitative estimate of drug-likeness (QED) is 0.595. The summed E-state index contributed by atoms with van der Waals surface area (Å²) in [6.07, 6.45) is 6.69. The summed E-state index contributed by atoms with van der Waals surface area (Å²) in [7, 11) is 0. The Bertz CT molecular complexity index is 501. The molecule has 2 rings (SSSR count). The van der Waals surface area contributed by atoms with Gasteiger partial charge in [0.15, 0.2) is 0 Å². The topological polar surface area (TPSA) is 31.2 Å². The number of aromatic nitrogens is 1. The molecule has 0 saturated carbocycles. The molecule has 0 spiro atoms. The largest absolute Gasteiger partial charge is 0.373 e. The lowest BCUT2D eigenvalue weighted by Crippen LogP contribution is -2.04. The van der Waals surface area contributed by atoms with Gasteiger partial charge in [0.25, 0.3) is 5.91 Å². The molecule has 1 heterocycles. The minimum Gasteiger partial charge on any atom is -0.373 e. The third kappa shape index (κ3) is 3.71. The summed E-state index contributed by atoms with van der Waals surface area (Å²) in [6, 6.07) is 13.6. The highest BCUT2D eigenvalue weighted by Gasteiger charge is 1.96. The third-order valence-corrected chi connectivity index (χ3v) is 2.44. The van der Waals surface area contributed by atoms with Gasteiger partial charge in [0, 0.05) is 18.5 Å². The molecule has 0 aliphatic heterocycles. The van der Waals surface area contributed by atoms with Crippen LogP contribution in [0.25, 0.3) is 0 Å². The van der Waals surface area contributed by atoms with E-state index >= 15 is 0 Å². The van der Waals surface area contributed by atoms with Crippen LogP contribution in [-0.4, -0.2) is 17.1 Å². The number of ether oxygens (including phenoxy) is 1. The molecule has 0 bridgehead atoms. The van der Waals surface area contributed by atoms with Crippen LogP contribution in [0.4, 0.5) is 0 Å². The maximum atomic E-state index is 11.6. The van der Waals surface area contributed by atoms with Crippen molar-refractivity contribution in [2.24, 2.45) is 0 Å². The van der Waals surface area contributed by atoms with Crippen molar-refractivity contribution in [3.63, 3.8) is 0 Å². The Labute approximate surface area is 106 Å². The minimum absolute atomic E-state index is 0.0664.